The van der Waals surface area contributed by atoms with Gasteiger partial charge in [-0.25, -0.2) is 4.98 Å². The van der Waals surface area contributed by atoms with Gasteiger partial charge in [0.05, 0.1) is 5.56 Å². The first-order chi connectivity index (χ1) is 9.25. The van der Waals surface area contributed by atoms with Crippen LogP contribution in [0.15, 0.2) is 54.9 Å². The van der Waals surface area contributed by atoms with Crippen LogP contribution in [0.3, 0.4) is 0 Å². The Hall–Kier alpha value is -2.55. The van der Waals surface area contributed by atoms with E-state index in [0.29, 0.717) is 11.3 Å². The van der Waals surface area contributed by atoms with Gasteiger partial charge in [-0.15, -0.1) is 0 Å². The lowest BCUT2D eigenvalue weighted by atomic mass is 10.0. The molecule has 0 amide bonds. The van der Waals surface area contributed by atoms with Crippen molar-refractivity contribution >= 4 is 16.6 Å². The summed E-state index contributed by atoms with van der Waals surface area (Å²) in [5.74, 6) is -0.0898. The van der Waals surface area contributed by atoms with Gasteiger partial charge in [-0.3, -0.25) is 9.78 Å². The van der Waals surface area contributed by atoms with E-state index in [1.54, 1.807) is 18.5 Å². The lowest BCUT2D eigenvalue weighted by Crippen LogP contribution is -2.06. The molecule has 2 heterocycles. The molecule has 2 aromatic heterocycles. The summed E-state index contributed by atoms with van der Waals surface area (Å²) in [5.41, 5.74) is 1.88. The topological polar surface area (TPSA) is 42.9 Å². The number of aryl methyl sites for hydroxylation is 1. The molecular formula is C16H12N2O. The van der Waals surface area contributed by atoms with Crippen molar-refractivity contribution < 1.29 is 4.79 Å². The first-order valence-corrected chi connectivity index (χ1v) is 6.07. The van der Waals surface area contributed by atoms with Gasteiger partial charge in [-0.1, -0.05) is 30.3 Å². The predicted octanol–water partition coefficient (Wildman–Crippen LogP) is 3.17. The van der Waals surface area contributed by atoms with Gasteiger partial charge in [0.2, 0.25) is 5.78 Å². The van der Waals surface area contributed by atoms with Gasteiger partial charge >= 0.3 is 0 Å². The zero-order valence-corrected chi connectivity index (χ0v) is 10.5. The van der Waals surface area contributed by atoms with Crippen molar-refractivity contribution in [3.8, 4) is 0 Å². The Kier molecular flexibility index (Phi) is 2.80. The number of carbonyl (C=O) groups excluding carboxylic acids is 1. The molecule has 3 aromatic rings. The van der Waals surface area contributed by atoms with E-state index in [1.807, 2.05) is 43.3 Å². The van der Waals surface area contributed by atoms with Crippen LogP contribution in [-0.4, -0.2) is 15.8 Å². The minimum atomic E-state index is -0.0898. The van der Waals surface area contributed by atoms with E-state index >= 15 is 0 Å². The number of fused-ring (bicyclic) bond motifs is 1. The van der Waals surface area contributed by atoms with Crippen LogP contribution in [0, 0.1) is 6.92 Å². The zero-order chi connectivity index (χ0) is 13.2. The third kappa shape index (κ3) is 2.10. The molecule has 0 aliphatic rings. The molecule has 1 aromatic carbocycles. The second kappa shape index (κ2) is 4.61. The van der Waals surface area contributed by atoms with Crippen molar-refractivity contribution in [2.45, 2.75) is 6.92 Å². The van der Waals surface area contributed by atoms with Crippen molar-refractivity contribution in [3.05, 3.63) is 71.8 Å². The highest BCUT2D eigenvalue weighted by atomic mass is 16.1. The van der Waals surface area contributed by atoms with E-state index in [-0.39, 0.29) is 5.78 Å². The van der Waals surface area contributed by atoms with Crippen LogP contribution in [0.4, 0.5) is 0 Å². The SMILES string of the molecule is Cc1cccc(C(=O)c2cncc3ccccc23)n1. The van der Waals surface area contributed by atoms with E-state index in [1.165, 1.54) is 0 Å². The van der Waals surface area contributed by atoms with E-state index in [4.69, 9.17) is 0 Å². The summed E-state index contributed by atoms with van der Waals surface area (Å²) in [7, 11) is 0. The molecule has 3 nitrogen and oxygen atoms in total. The summed E-state index contributed by atoms with van der Waals surface area (Å²) < 4.78 is 0. The lowest BCUT2D eigenvalue weighted by Gasteiger charge is -2.05. The quantitative estimate of drug-likeness (QED) is 0.654. The highest BCUT2D eigenvalue weighted by Gasteiger charge is 2.13. The van der Waals surface area contributed by atoms with Gasteiger partial charge in [0, 0.05) is 23.5 Å². The normalized spacial score (nSPS) is 10.6. The Labute approximate surface area is 111 Å². The van der Waals surface area contributed by atoms with Crippen LogP contribution in [0.5, 0.6) is 0 Å². The second-order valence-corrected chi connectivity index (χ2v) is 4.40. The van der Waals surface area contributed by atoms with E-state index in [2.05, 4.69) is 9.97 Å². The molecule has 3 rings (SSSR count). The summed E-state index contributed by atoms with van der Waals surface area (Å²) in [4.78, 5) is 20.9. The minimum Gasteiger partial charge on any atom is -0.287 e. The van der Waals surface area contributed by atoms with Crippen molar-refractivity contribution in [1.29, 1.82) is 0 Å². The van der Waals surface area contributed by atoms with Crippen molar-refractivity contribution in [1.82, 2.24) is 9.97 Å². The monoisotopic (exact) mass is 248 g/mol. The summed E-state index contributed by atoms with van der Waals surface area (Å²) in [6.07, 6.45) is 3.37. The van der Waals surface area contributed by atoms with E-state index in [0.717, 1.165) is 16.5 Å². The van der Waals surface area contributed by atoms with Crippen LogP contribution in [0.25, 0.3) is 10.8 Å². The molecule has 0 saturated heterocycles. The highest BCUT2D eigenvalue weighted by molar-refractivity contribution is 6.15. The summed E-state index contributed by atoms with van der Waals surface area (Å²) >= 11 is 0. The van der Waals surface area contributed by atoms with Crippen LogP contribution in [0.2, 0.25) is 0 Å². The summed E-state index contributed by atoms with van der Waals surface area (Å²) in [6.45, 7) is 1.87. The third-order valence-corrected chi connectivity index (χ3v) is 3.03. The zero-order valence-electron chi connectivity index (χ0n) is 10.5. The summed E-state index contributed by atoms with van der Waals surface area (Å²) in [5, 5.41) is 1.87. The maximum absolute atomic E-state index is 12.5. The standard InChI is InChI=1S/C16H12N2O/c1-11-5-4-8-15(18-11)16(19)14-10-17-9-12-6-2-3-7-13(12)14/h2-10H,1H3. The maximum atomic E-state index is 12.5. The molecule has 0 bridgehead atoms. The summed E-state index contributed by atoms with van der Waals surface area (Å²) in [6, 6.07) is 13.2. The lowest BCUT2D eigenvalue weighted by molar-refractivity contribution is 0.103. The van der Waals surface area contributed by atoms with Gasteiger partial charge in [0.1, 0.15) is 5.69 Å². The van der Waals surface area contributed by atoms with Crippen molar-refractivity contribution in [3.63, 3.8) is 0 Å². The maximum Gasteiger partial charge on any atom is 0.213 e. The molecule has 0 N–H and O–H groups in total. The van der Waals surface area contributed by atoms with Gasteiger partial charge in [0.25, 0.3) is 0 Å². The largest absolute Gasteiger partial charge is 0.287 e. The van der Waals surface area contributed by atoms with Gasteiger partial charge < -0.3 is 0 Å². The number of rotatable bonds is 2. The highest BCUT2D eigenvalue weighted by Crippen LogP contribution is 2.19. The Morgan fingerprint density at radius 2 is 1.84 bits per heavy atom. The molecule has 0 aliphatic heterocycles. The number of hydrogen-bond acceptors (Lipinski definition) is 3. The van der Waals surface area contributed by atoms with Crippen LogP contribution in [0.1, 0.15) is 21.7 Å². The second-order valence-electron chi connectivity index (χ2n) is 4.40. The Morgan fingerprint density at radius 1 is 1.00 bits per heavy atom. The average Bonchev–Trinajstić information content (AvgIpc) is 2.46. The molecule has 3 heteroatoms. The molecule has 0 radical (unpaired) electrons. The number of carbonyl (C=O) groups is 1. The number of hydrogen-bond donors (Lipinski definition) is 0. The van der Waals surface area contributed by atoms with Crippen LogP contribution >= 0.6 is 0 Å². The number of ketones is 1. The van der Waals surface area contributed by atoms with E-state index in [9.17, 15) is 4.79 Å². The molecule has 92 valence electrons. The molecule has 0 saturated carbocycles. The number of nitrogens with zero attached hydrogens (tertiary/aromatic N) is 2. The van der Waals surface area contributed by atoms with Gasteiger partial charge in [-0.2, -0.15) is 0 Å². The smallest absolute Gasteiger partial charge is 0.213 e. The fourth-order valence-electron chi connectivity index (χ4n) is 2.10. The van der Waals surface area contributed by atoms with Gasteiger partial charge in [-0.05, 0) is 24.4 Å². The van der Waals surface area contributed by atoms with Gasteiger partial charge in [0.15, 0.2) is 0 Å². The Balaban J connectivity index is 2.17. The van der Waals surface area contributed by atoms with Crippen molar-refractivity contribution in [2.24, 2.45) is 0 Å². The van der Waals surface area contributed by atoms with Crippen LogP contribution < -0.4 is 0 Å². The van der Waals surface area contributed by atoms with E-state index < -0.39 is 0 Å². The molecule has 0 unspecified atom stereocenters. The fourth-order valence-corrected chi connectivity index (χ4v) is 2.10. The number of aromatic nitrogens is 2. The first kappa shape index (κ1) is 11.5. The molecule has 19 heavy (non-hydrogen) atoms. The van der Waals surface area contributed by atoms with Crippen LogP contribution in [-0.2, 0) is 0 Å². The van der Waals surface area contributed by atoms with Crippen molar-refractivity contribution in [2.75, 3.05) is 0 Å². The number of pyridine rings is 2. The third-order valence-electron chi connectivity index (χ3n) is 3.03. The molecule has 0 fully saturated rings. The molecule has 0 atom stereocenters. The molecule has 0 aliphatic carbocycles. The predicted molar refractivity (Wildman–Crippen MR) is 74.1 cm³/mol. The number of benzene rings is 1. The first-order valence-electron chi connectivity index (χ1n) is 6.07. The Morgan fingerprint density at radius 3 is 2.68 bits per heavy atom. The minimum absolute atomic E-state index is 0.0898. The fraction of sp³-hybridized carbons (Fsp3) is 0.0625. The average molecular weight is 248 g/mol. The Bertz CT molecular complexity index is 760. The molecular weight excluding hydrogens is 236 g/mol. The molecule has 0 spiro atoms.